The van der Waals surface area contributed by atoms with Gasteiger partial charge in [0.1, 0.15) is 11.6 Å². The Morgan fingerprint density at radius 1 is 1.45 bits per heavy atom. The van der Waals surface area contributed by atoms with E-state index in [1.807, 2.05) is 0 Å². The molecule has 0 saturated carbocycles. The van der Waals surface area contributed by atoms with Gasteiger partial charge in [0.2, 0.25) is 5.91 Å². The molecule has 2 N–H and O–H groups in total. The standard InChI is InChI=1S/C13H17FN2O3.ClH/c1-15-6-12(17)16-3-2-9-4-11(14)5-10-7-18-8-19-13(9)10;/h4-5,15H,2-3,6-8H2,1H3,(H,16,17);1H. The van der Waals surface area contributed by atoms with Gasteiger partial charge in [0.15, 0.2) is 6.79 Å². The van der Waals surface area contributed by atoms with Crippen molar-refractivity contribution in [3.8, 4) is 5.75 Å². The average Bonchev–Trinajstić information content (AvgIpc) is 2.38. The number of ether oxygens (including phenoxy) is 2. The van der Waals surface area contributed by atoms with Crippen LogP contribution in [0.3, 0.4) is 0 Å². The van der Waals surface area contributed by atoms with Crippen molar-refractivity contribution in [2.75, 3.05) is 26.9 Å². The third-order valence-electron chi connectivity index (χ3n) is 2.81. The van der Waals surface area contributed by atoms with Crippen molar-refractivity contribution in [3.05, 3.63) is 29.1 Å². The topological polar surface area (TPSA) is 59.6 Å². The van der Waals surface area contributed by atoms with E-state index in [4.69, 9.17) is 9.47 Å². The zero-order valence-corrected chi connectivity index (χ0v) is 12.0. The fourth-order valence-electron chi connectivity index (χ4n) is 2.00. The smallest absolute Gasteiger partial charge is 0.233 e. The molecule has 0 fully saturated rings. The van der Waals surface area contributed by atoms with Crippen molar-refractivity contribution in [2.24, 2.45) is 0 Å². The molecule has 7 heteroatoms. The Bertz CT molecular complexity index is 471. The Labute approximate surface area is 123 Å². The van der Waals surface area contributed by atoms with Crippen LogP contribution in [0.15, 0.2) is 12.1 Å². The van der Waals surface area contributed by atoms with Crippen molar-refractivity contribution < 1.29 is 18.7 Å². The number of benzene rings is 1. The first-order valence-corrected chi connectivity index (χ1v) is 6.14. The van der Waals surface area contributed by atoms with Crippen LogP contribution in [0.25, 0.3) is 0 Å². The second-order valence-corrected chi connectivity index (χ2v) is 4.29. The minimum atomic E-state index is -0.315. The summed E-state index contributed by atoms with van der Waals surface area (Å²) in [7, 11) is 1.70. The highest BCUT2D eigenvalue weighted by Gasteiger charge is 2.16. The summed E-state index contributed by atoms with van der Waals surface area (Å²) in [6.45, 7) is 1.25. The quantitative estimate of drug-likeness (QED) is 0.852. The number of fused-ring (bicyclic) bond motifs is 1. The predicted molar refractivity (Wildman–Crippen MR) is 74.6 cm³/mol. The average molecular weight is 305 g/mol. The highest BCUT2D eigenvalue weighted by atomic mass is 35.5. The van der Waals surface area contributed by atoms with Gasteiger partial charge < -0.3 is 20.1 Å². The van der Waals surface area contributed by atoms with Crippen LogP contribution in [0.4, 0.5) is 4.39 Å². The maximum absolute atomic E-state index is 13.5. The largest absolute Gasteiger partial charge is 0.467 e. The molecule has 5 nitrogen and oxygen atoms in total. The normalized spacial score (nSPS) is 12.9. The number of rotatable bonds is 5. The number of amides is 1. The zero-order valence-electron chi connectivity index (χ0n) is 11.2. The lowest BCUT2D eigenvalue weighted by Gasteiger charge is -2.20. The first-order chi connectivity index (χ1) is 9.20. The van der Waals surface area contributed by atoms with Gasteiger partial charge >= 0.3 is 0 Å². The highest BCUT2D eigenvalue weighted by molar-refractivity contribution is 5.85. The highest BCUT2D eigenvalue weighted by Crippen LogP contribution is 2.29. The fourth-order valence-corrected chi connectivity index (χ4v) is 2.00. The molecule has 1 aromatic carbocycles. The van der Waals surface area contributed by atoms with E-state index in [2.05, 4.69) is 10.6 Å². The van der Waals surface area contributed by atoms with E-state index in [0.29, 0.717) is 30.9 Å². The van der Waals surface area contributed by atoms with E-state index < -0.39 is 0 Å². The molecule has 1 aliphatic rings. The second kappa shape index (κ2) is 8.04. The number of hydrogen-bond acceptors (Lipinski definition) is 4. The third-order valence-corrected chi connectivity index (χ3v) is 2.81. The predicted octanol–water partition coefficient (Wildman–Crippen LogP) is 0.992. The molecule has 0 radical (unpaired) electrons. The summed E-state index contributed by atoms with van der Waals surface area (Å²) in [5, 5.41) is 5.51. The minimum absolute atomic E-state index is 0. The molecule has 20 heavy (non-hydrogen) atoms. The Kier molecular flexibility index (Phi) is 6.70. The molecule has 1 amide bonds. The maximum atomic E-state index is 13.5. The van der Waals surface area contributed by atoms with E-state index in [-0.39, 0.29) is 37.5 Å². The van der Waals surface area contributed by atoms with Crippen LogP contribution in [0.2, 0.25) is 0 Å². The van der Waals surface area contributed by atoms with Crippen LogP contribution >= 0.6 is 12.4 Å². The Balaban J connectivity index is 0.00000200. The summed E-state index contributed by atoms with van der Waals surface area (Å²) in [5.74, 6) is 0.275. The Morgan fingerprint density at radius 2 is 2.25 bits per heavy atom. The van der Waals surface area contributed by atoms with Gasteiger partial charge in [0.05, 0.1) is 13.2 Å². The number of nitrogens with one attached hydrogen (secondary N) is 2. The molecular formula is C13H18ClFN2O3. The molecule has 1 heterocycles. The minimum Gasteiger partial charge on any atom is -0.467 e. The van der Waals surface area contributed by atoms with Crippen LogP contribution < -0.4 is 15.4 Å². The van der Waals surface area contributed by atoms with Crippen LogP contribution in [-0.2, 0) is 22.6 Å². The van der Waals surface area contributed by atoms with E-state index in [1.165, 1.54) is 12.1 Å². The van der Waals surface area contributed by atoms with E-state index in [1.54, 1.807) is 7.05 Å². The SMILES string of the molecule is CNCC(=O)NCCc1cc(F)cc2c1OCOC2.Cl. The number of halogens is 2. The second-order valence-electron chi connectivity index (χ2n) is 4.29. The van der Waals surface area contributed by atoms with Gasteiger partial charge in [-0.2, -0.15) is 0 Å². The summed E-state index contributed by atoms with van der Waals surface area (Å²) in [5.41, 5.74) is 1.46. The molecule has 2 rings (SSSR count). The van der Waals surface area contributed by atoms with Crippen molar-refractivity contribution in [1.29, 1.82) is 0 Å². The van der Waals surface area contributed by atoms with Crippen molar-refractivity contribution >= 4 is 18.3 Å². The summed E-state index contributed by atoms with van der Waals surface area (Å²) in [6, 6.07) is 2.85. The zero-order chi connectivity index (χ0) is 13.7. The lowest BCUT2D eigenvalue weighted by Crippen LogP contribution is -2.33. The van der Waals surface area contributed by atoms with Gasteiger partial charge in [-0.05, 0) is 31.2 Å². The van der Waals surface area contributed by atoms with Crippen molar-refractivity contribution in [1.82, 2.24) is 10.6 Å². The maximum Gasteiger partial charge on any atom is 0.233 e. The van der Waals surface area contributed by atoms with Gasteiger partial charge in [-0.1, -0.05) is 0 Å². The summed E-state index contributed by atoms with van der Waals surface area (Å²) in [4.78, 5) is 11.3. The van der Waals surface area contributed by atoms with Crippen LogP contribution in [0.5, 0.6) is 5.75 Å². The van der Waals surface area contributed by atoms with Gasteiger partial charge in [0, 0.05) is 12.1 Å². The first kappa shape index (κ1) is 16.7. The van der Waals surface area contributed by atoms with E-state index in [0.717, 1.165) is 5.56 Å². The van der Waals surface area contributed by atoms with Gasteiger partial charge in [-0.25, -0.2) is 4.39 Å². The van der Waals surface area contributed by atoms with Crippen molar-refractivity contribution in [3.63, 3.8) is 0 Å². The molecule has 0 atom stereocenters. The number of carbonyl (C=O) groups is 1. The van der Waals surface area contributed by atoms with Crippen LogP contribution in [0, 0.1) is 5.82 Å². The number of likely N-dealkylation sites (N-methyl/N-ethyl adjacent to an activating group) is 1. The monoisotopic (exact) mass is 304 g/mol. The molecule has 0 unspecified atom stereocenters. The lowest BCUT2D eigenvalue weighted by molar-refractivity contribution is -0.120. The van der Waals surface area contributed by atoms with Crippen LogP contribution in [0.1, 0.15) is 11.1 Å². The molecule has 112 valence electrons. The molecule has 1 aliphatic heterocycles. The lowest BCUT2D eigenvalue weighted by atomic mass is 10.1. The van der Waals surface area contributed by atoms with Crippen LogP contribution in [-0.4, -0.2) is 32.8 Å². The first-order valence-electron chi connectivity index (χ1n) is 6.14. The molecule has 0 aliphatic carbocycles. The molecule has 0 bridgehead atoms. The summed E-state index contributed by atoms with van der Waals surface area (Å²) >= 11 is 0. The molecule has 1 aromatic rings. The molecular weight excluding hydrogens is 287 g/mol. The number of carbonyl (C=O) groups excluding carboxylic acids is 1. The summed E-state index contributed by atoms with van der Waals surface area (Å²) < 4.78 is 24.0. The Hall–Kier alpha value is -1.37. The van der Waals surface area contributed by atoms with Crippen molar-refractivity contribution in [2.45, 2.75) is 13.0 Å². The van der Waals surface area contributed by atoms with E-state index >= 15 is 0 Å². The van der Waals surface area contributed by atoms with Gasteiger partial charge in [0.25, 0.3) is 0 Å². The van der Waals surface area contributed by atoms with Gasteiger partial charge in [-0.15, -0.1) is 12.4 Å². The van der Waals surface area contributed by atoms with E-state index in [9.17, 15) is 9.18 Å². The summed E-state index contributed by atoms with van der Waals surface area (Å²) in [6.07, 6.45) is 0.523. The Morgan fingerprint density at radius 3 is 3.00 bits per heavy atom. The number of hydrogen-bond donors (Lipinski definition) is 2. The van der Waals surface area contributed by atoms with Gasteiger partial charge in [-0.3, -0.25) is 4.79 Å². The molecule has 0 saturated heterocycles. The third kappa shape index (κ3) is 4.33. The fraction of sp³-hybridized carbons (Fsp3) is 0.462. The molecule has 0 spiro atoms. The molecule has 0 aromatic heterocycles.